The highest BCUT2D eigenvalue weighted by Gasteiger charge is 2.27. The molecule has 0 radical (unpaired) electrons. The summed E-state index contributed by atoms with van der Waals surface area (Å²) in [5.41, 5.74) is 0.0937. The predicted molar refractivity (Wildman–Crippen MR) is 75.7 cm³/mol. The van der Waals surface area contributed by atoms with E-state index in [0.717, 1.165) is 32.5 Å². The Morgan fingerprint density at radius 1 is 1.58 bits per heavy atom. The average molecular weight is 264 g/mol. The van der Waals surface area contributed by atoms with Crippen molar-refractivity contribution in [2.75, 3.05) is 29.9 Å². The molecule has 1 unspecified atom stereocenters. The van der Waals surface area contributed by atoms with Crippen molar-refractivity contribution < 1.29 is 4.92 Å². The van der Waals surface area contributed by atoms with Crippen LogP contribution in [0.1, 0.15) is 26.7 Å². The van der Waals surface area contributed by atoms with Crippen LogP contribution in [0.25, 0.3) is 0 Å². The van der Waals surface area contributed by atoms with E-state index >= 15 is 0 Å². The summed E-state index contributed by atoms with van der Waals surface area (Å²) in [6.45, 7) is 6.73. The van der Waals surface area contributed by atoms with E-state index in [-0.39, 0.29) is 10.6 Å². The number of anilines is 2. The van der Waals surface area contributed by atoms with Crippen molar-refractivity contribution in [3.8, 4) is 0 Å². The fourth-order valence-corrected chi connectivity index (χ4v) is 2.30. The second kappa shape index (κ2) is 5.86. The molecule has 0 aromatic carbocycles. The summed E-state index contributed by atoms with van der Waals surface area (Å²) >= 11 is 0. The number of nitro groups is 1. The molecule has 19 heavy (non-hydrogen) atoms. The quantitative estimate of drug-likeness (QED) is 0.654. The third-order valence-corrected chi connectivity index (χ3v) is 3.33. The van der Waals surface area contributed by atoms with Crippen molar-refractivity contribution in [1.82, 2.24) is 4.98 Å². The molecule has 2 heterocycles. The van der Waals surface area contributed by atoms with Crippen LogP contribution in [0.3, 0.4) is 0 Å². The second-order valence-corrected chi connectivity index (χ2v) is 5.06. The fraction of sp³-hybridized carbons (Fsp3) is 0.615. The van der Waals surface area contributed by atoms with Crippen molar-refractivity contribution in [1.29, 1.82) is 0 Å². The number of nitrogens with one attached hydrogen (secondary N) is 1. The van der Waals surface area contributed by atoms with Gasteiger partial charge in [0.05, 0.1) is 4.92 Å². The van der Waals surface area contributed by atoms with Gasteiger partial charge in [0, 0.05) is 25.7 Å². The molecule has 1 saturated heterocycles. The number of hydrogen-bond acceptors (Lipinski definition) is 5. The molecule has 6 nitrogen and oxygen atoms in total. The van der Waals surface area contributed by atoms with Gasteiger partial charge in [-0.1, -0.05) is 13.8 Å². The van der Waals surface area contributed by atoms with Crippen LogP contribution in [-0.2, 0) is 0 Å². The zero-order valence-electron chi connectivity index (χ0n) is 11.4. The molecule has 0 saturated carbocycles. The highest BCUT2D eigenvalue weighted by atomic mass is 16.6. The number of pyridine rings is 1. The van der Waals surface area contributed by atoms with Crippen LogP contribution in [0, 0.1) is 16.0 Å². The smallest absolute Gasteiger partial charge is 0.311 e. The van der Waals surface area contributed by atoms with Gasteiger partial charge < -0.3 is 10.2 Å². The van der Waals surface area contributed by atoms with E-state index in [1.54, 1.807) is 12.1 Å². The molecular formula is C13H20N4O2. The molecule has 0 bridgehead atoms. The fourth-order valence-electron chi connectivity index (χ4n) is 2.30. The van der Waals surface area contributed by atoms with Gasteiger partial charge in [0.2, 0.25) is 5.82 Å². The minimum atomic E-state index is -0.352. The lowest BCUT2D eigenvalue weighted by molar-refractivity contribution is -0.384. The third kappa shape index (κ3) is 3.13. The SMILES string of the molecule is CCCNc1ccc([N+](=O)[O-])c(N2CCC(C)C2)n1. The number of hydrogen-bond donors (Lipinski definition) is 1. The van der Waals surface area contributed by atoms with Gasteiger partial charge in [0.1, 0.15) is 5.82 Å². The Balaban J connectivity index is 2.28. The van der Waals surface area contributed by atoms with Gasteiger partial charge in [0.25, 0.3) is 0 Å². The largest absolute Gasteiger partial charge is 0.370 e. The molecule has 6 heteroatoms. The molecule has 1 aliphatic heterocycles. The van der Waals surface area contributed by atoms with Gasteiger partial charge in [-0.3, -0.25) is 10.1 Å². The first-order valence-electron chi connectivity index (χ1n) is 6.76. The van der Waals surface area contributed by atoms with Crippen molar-refractivity contribution in [3.05, 3.63) is 22.2 Å². The lowest BCUT2D eigenvalue weighted by Crippen LogP contribution is -2.22. The van der Waals surface area contributed by atoms with Crippen molar-refractivity contribution in [2.24, 2.45) is 5.92 Å². The maximum atomic E-state index is 11.1. The molecule has 104 valence electrons. The van der Waals surface area contributed by atoms with Gasteiger partial charge in [-0.2, -0.15) is 0 Å². The lowest BCUT2D eigenvalue weighted by Gasteiger charge is -2.17. The van der Waals surface area contributed by atoms with Crippen LogP contribution in [0.2, 0.25) is 0 Å². The van der Waals surface area contributed by atoms with E-state index in [1.165, 1.54) is 0 Å². The topological polar surface area (TPSA) is 71.3 Å². The molecule has 1 aliphatic rings. The minimum absolute atomic E-state index is 0.0937. The summed E-state index contributed by atoms with van der Waals surface area (Å²) in [5, 5.41) is 14.3. The Morgan fingerprint density at radius 3 is 2.95 bits per heavy atom. The monoisotopic (exact) mass is 264 g/mol. The Hall–Kier alpha value is -1.85. The summed E-state index contributed by atoms with van der Waals surface area (Å²) in [5.74, 6) is 1.77. The molecule has 1 aromatic rings. The molecular weight excluding hydrogens is 244 g/mol. The number of aromatic nitrogens is 1. The first-order chi connectivity index (χ1) is 9.11. The van der Waals surface area contributed by atoms with Gasteiger partial charge in [0.15, 0.2) is 0 Å². The van der Waals surface area contributed by atoms with Crippen LogP contribution in [-0.4, -0.2) is 29.5 Å². The molecule has 1 fully saturated rings. The predicted octanol–water partition coefficient (Wildman–Crippen LogP) is 2.66. The summed E-state index contributed by atoms with van der Waals surface area (Å²) in [6.07, 6.45) is 2.06. The first-order valence-corrected chi connectivity index (χ1v) is 6.76. The van der Waals surface area contributed by atoms with Crippen molar-refractivity contribution >= 4 is 17.3 Å². The van der Waals surface area contributed by atoms with Crippen molar-refractivity contribution in [2.45, 2.75) is 26.7 Å². The van der Waals surface area contributed by atoms with Gasteiger partial charge in [-0.25, -0.2) is 4.98 Å². The summed E-state index contributed by atoms with van der Waals surface area (Å²) in [4.78, 5) is 17.2. The average Bonchev–Trinajstić information content (AvgIpc) is 2.82. The zero-order valence-corrected chi connectivity index (χ0v) is 11.4. The van der Waals surface area contributed by atoms with Gasteiger partial charge in [-0.05, 0) is 24.8 Å². The van der Waals surface area contributed by atoms with E-state index in [0.29, 0.717) is 17.6 Å². The molecule has 0 aliphatic carbocycles. The Labute approximate surface area is 113 Å². The number of nitrogens with zero attached hydrogens (tertiary/aromatic N) is 3. The standard InChI is InChI=1S/C13H20N4O2/c1-3-7-14-12-5-4-11(17(18)19)13(15-12)16-8-6-10(2)9-16/h4-5,10H,3,6-9H2,1-2H3,(H,14,15). The minimum Gasteiger partial charge on any atom is -0.370 e. The normalized spacial score (nSPS) is 18.6. The molecule has 1 atom stereocenters. The lowest BCUT2D eigenvalue weighted by atomic mass is 10.2. The van der Waals surface area contributed by atoms with Crippen LogP contribution in [0.15, 0.2) is 12.1 Å². The van der Waals surface area contributed by atoms with Gasteiger partial charge in [-0.15, -0.1) is 0 Å². The van der Waals surface area contributed by atoms with Gasteiger partial charge >= 0.3 is 5.69 Å². The number of rotatable bonds is 5. The maximum Gasteiger partial charge on any atom is 0.311 e. The maximum absolute atomic E-state index is 11.1. The van der Waals surface area contributed by atoms with E-state index < -0.39 is 0 Å². The zero-order chi connectivity index (χ0) is 13.8. The van der Waals surface area contributed by atoms with Crippen LogP contribution < -0.4 is 10.2 Å². The third-order valence-electron chi connectivity index (χ3n) is 3.33. The summed E-state index contributed by atoms with van der Waals surface area (Å²) in [7, 11) is 0. The summed E-state index contributed by atoms with van der Waals surface area (Å²) in [6, 6.07) is 3.22. The van der Waals surface area contributed by atoms with E-state index in [2.05, 4.69) is 24.1 Å². The van der Waals surface area contributed by atoms with E-state index in [9.17, 15) is 10.1 Å². The molecule has 0 spiro atoms. The molecule has 1 N–H and O–H groups in total. The molecule has 0 amide bonds. The van der Waals surface area contributed by atoms with Crippen LogP contribution in [0.4, 0.5) is 17.3 Å². The van der Waals surface area contributed by atoms with Crippen LogP contribution in [0.5, 0.6) is 0 Å². The van der Waals surface area contributed by atoms with Crippen molar-refractivity contribution in [3.63, 3.8) is 0 Å². The Kier molecular flexibility index (Phi) is 4.19. The highest BCUT2D eigenvalue weighted by Crippen LogP contribution is 2.31. The second-order valence-electron chi connectivity index (χ2n) is 5.06. The Bertz CT molecular complexity index is 464. The van der Waals surface area contributed by atoms with E-state index in [1.807, 2.05) is 4.90 Å². The van der Waals surface area contributed by atoms with E-state index in [4.69, 9.17) is 0 Å². The molecule has 2 rings (SSSR count). The van der Waals surface area contributed by atoms with Crippen LogP contribution >= 0.6 is 0 Å². The Morgan fingerprint density at radius 2 is 2.37 bits per heavy atom. The first kappa shape index (κ1) is 13.6. The molecule has 1 aromatic heterocycles. The highest BCUT2D eigenvalue weighted by molar-refractivity contribution is 5.62. The summed E-state index contributed by atoms with van der Waals surface area (Å²) < 4.78 is 0.